The molecule has 2 heterocycles. The van der Waals surface area contributed by atoms with Crippen LogP contribution in [0.5, 0.6) is 0 Å². The van der Waals surface area contributed by atoms with Crippen LogP contribution in [-0.2, 0) is 43.2 Å². The first-order valence-corrected chi connectivity index (χ1v) is 21.4. The lowest BCUT2D eigenvalue weighted by Crippen LogP contribution is -2.63. The Bertz CT molecular complexity index is 1590. The van der Waals surface area contributed by atoms with Crippen molar-refractivity contribution in [2.24, 2.45) is 23.3 Å². The Labute approximate surface area is 362 Å². The van der Waals surface area contributed by atoms with Crippen LogP contribution in [0.15, 0.2) is 0 Å². The molecule has 2 aliphatic heterocycles. The quantitative estimate of drug-likeness (QED) is 0.0415. The van der Waals surface area contributed by atoms with E-state index in [1.807, 2.05) is 0 Å². The molecule has 0 aliphatic carbocycles. The molecule has 0 saturated carbocycles. The van der Waals surface area contributed by atoms with Gasteiger partial charge in [0.05, 0.1) is 18.2 Å². The summed E-state index contributed by atoms with van der Waals surface area (Å²) in [5, 5.41) is 52.7. The number of carboxylic acids is 2. The molecule has 22 heteroatoms. The Morgan fingerprint density at radius 3 is 1.65 bits per heavy atom. The van der Waals surface area contributed by atoms with Gasteiger partial charge in [0.25, 0.3) is 0 Å². The highest BCUT2D eigenvalue weighted by atomic mass is 16.4. The Morgan fingerprint density at radius 1 is 0.629 bits per heavy atom. The third-order valence-electron chi connectivity index (χ3n) is 10.9. The Hall–Kier alpha value is -4.93. The van der Waals surface area contributed by atoms with Crippen molar-refractivity contribution in [1.29, 1.82) is 0 Å². The fraction of sp³-hybridized carbons (Fsp3) is 0.775. The van der Waals surface area contributed by atoms with Gasteiger partial charge in [-0.05, 0) is 83.6 Å². The van der Waals surface area contributed by atoms with Crippen LogP contribution >= 0.6 is 0 Å². The molecule has 62 heavy (non-hydrogen) atoms. The van der Waals surface area contributed by atoms with Crippen LogP contribution in [0.4, 0.5) is 0 Å². The molecule has 0 radical (unpaired) electrons. The number of carbonyl (C=O) groups excluding carboxylic acids is 7. The molecule has 10 atom stereocenters. The lowest BCUT2D eigenvalue weighted by Gasteiger charge is -2.33. The van der Waals surface area contributed by atoms with Crippen molar-refractivity contribution in [2.45, 2.75) is 166 Å². The maximum atomic E-state index is 13.9. The zero-order valence-electron chi connectivity index (χ0n) is 36.6. The molecule has 2 rings (SSSR count). The Morgan fingerprint density at radius 2 is 1.13 bits per heavy atom. The molecule has 0 aromatic heterocycles. The number of amides is 7. The highest BCUT2D eigenvalue weighted by molar-refractivity contribution is 5.98. The minimum atomic E-state index is -1.82. The van der Waals surface area contributed by atoms with E-state index in [4.69, 9.17) is 11.5 Å². The molecule has 10 unspecified atom stereocenters. The topological polar surface area (TPSA) is 353 Å². The van der Waals surface area contributed by atoms with Crippen molar-refractivity contribution < 1.29 is 63.6 Å². The summed E-state index contributed by atoms with van der Waals surface area (Å²) >= 11 is 0. The number of unbranched alkanes of at least 4 members (excludes halogenated alkanes) is 1. The molecule has 0 spiro atoms. The van der Waals surface area contributed by atoms with E-state index in [0.717, 1.165) is 6.92 Å². The normalized spacial score (nSPS) is 20.3. The summed E-state index contributed by atoms with van der Waals surface area (Å²) in [6.07, 6.45) is -1.34. The fourth-order valence-electron chi connectivity index (χ4n) is 7.46. The maximum absolute atomic E-state index is 13.9. The van der Waals surface area contributed by atoms with Crippen LogP contribution in [0.1, 0.15) is 106 Å². The number of carboxylic acid groups (broad SMARTS) is 2. The number of aliphatic carboxylic acids is 2. The second-order valence-corrected chi connectivity index (χ2v) is 17.0. The van der Waals surface area contributed by atoms with Crippen molar-refractivity contribution in [3.63, 3.8) is 0 Å². The van der Waals surface area contributed by atoms with Gasteiger partial charge in [0.1, 0.15) is 42.3 Å². The minimum Gasteiger partial charge on any atom is -0.481 e. The summed E-state index contributed by atoms with van der Waals surface area (Å²) in [6.45, 7) is 9.91. The summed E-state index contributed by atoms with van der Waals surface area (Å²) in [7, 11) is 0. The average molecular weight is 884 g/mol. The average Bonchev–Trinajstić information content (AvgIpc) is 3.89. The molecule has 2 saturated heterocycles. The molecule has 13 N–H and O–H groups in total. The van der Waals surface area contributed by atoms with Gasteiger partial charge in [-0.25, -0.2) is 4.79 Å². The zero-order valence-corrected chi connectivity index (χ0v) is 36.6. The van der Waals surface area contributed by atoms with Gasteiger partial charge >= 0.3 is 11.9 Å². The van der Waals surface area contributed by atoms with E-state index in [0.29, 0.717) is 38.6 Å². The van der Waals surface area contributed by atoms with Gasteiger partial charge in [0, 0.05) is 19.5 Å². The third-order valence-corrected chi connectivity index (χ3v) is 10.9. The molecule has 352 valence electrons. The molecular formula is C40H69N9O13. The molecule has 2 fully saturated rings. The van der Waals surface area contributed by atoms with Gasteiger partial charge < -0.3 is 68.3 Å². The Balaban J connectivity index is 2.26. The molecule has 0 bridgehead atoms. The highest BCUT2D eigenvalue weighted by Crippen LogP contribution is 2.26. The van der Waals surface area contributed by atoms with Gasteiger partial charge in [0.15, 0.2) is 0 Å². The van der Waals surface area contributed by atoms with Crippen LogP contribution in [0.25, 0.3) is 0 Å². The van der Waals surface area contributed by atoms with Gasteiger partial charge in [0.2, 0.25) is 41.4 Å². The fourth-order valence-corrected chi connectivity index (χ4v) is 7.46. The summed E-state index contributed by atoms with van der Waals surface area (Å²) in [4.78, 5) is 121. The second kappa shape index (κ2) is 25.2. The first kappa shape index (κ1) is 53.2. The number of nitrogens with one attached hydrogen (secondary N) is 5. The predicted octanol–water partition coefficient (Wildman–Crippen LogP) is -2.74. The van der Waals surface area contributed by atoms with Crippen molar-refractivity contribution in [3.8, 4) is 0 Å². The monoisotopic (exact) mass is 884 g/mol. The van der Waals surface area contributed by atoms with Crippen LogP contribution in [0, 0.1) is 11.8 Å². The molecule has 0 aromatic carbocycles. The van der Waals surface area contributed by atoms with Crippen molar-refractivity contribution in [1.82, 2.24) is 36.4 Å². The van der Waals surface area contributed by atoms with E-state index in [2.05, 4.69) is 26.6 Å². The van der Waals surface area contributed by atoms with Crippen LogP contribution < -0.4 is 38.1 Å². The number of hydrogen-bond acceptors (Lipinski definition) is 13. The SMILES string of the molecule is CC(C)CC(NC(=O)C(NC(=O)C(N)CCCCN)C(C)C)C(=O)NC(C(=O)NC(C(=O)NC(CCC(=O)O)C(=O)N1CCCC1C(=O)N1CCCC1C(=O)O)C(C)O)C(C)O. The maximum Gasteiger partial charge on any atom is 0.326 e. The smallest absolute Gasteiger partial charge is 0.326 e. The van der Waals surface area contributed by atoms with E-state index in [-0.39, 0.29) is 38.3 Å². The van der Waals surface area contributed by atoms with Crippen molar-refractivity contribution >= 4 is 53.3 Å². The number of carbonyl (C=O) groups is 9. The van der Waals surface area contributed by atoms with E-state index >= 15 is 0 Å². The predicted molar refractivity (Wildman–Crippen MR) is 222 cm³/mol. The highest BCUT2D eigenvalue weighted by Gasteiger charge is 2.44. The zero-order chi connectivity index (χ0) is 47.0. The van der Waals surface area contributed by atoms with Crippen LogP contribution in [-0.4, -0.2) is 164 Å². The van der Waals surface area contributed by atoms with Gasteiger partial charge in [-0.2, -0.15) is 0 Å². The Kier molecular flexibility index (Phi) is 21.7. The summed E-state index contributed by atoms with van der Waals surface area (Å²) < 4.78 is 0. The van der Waals surface area contributed by atoms with E-state index in [9.17, 15) is 63.6 Å². The number of rotatable bonds is 25. The number of hydrogen-bond donors (Lipinski definition) is 11. The van der Waals surface area contributed by atoms with Crippen LogP contribution in [0.3, 0.4) is 0 Å². The molecule has 7 amide bonds. The molecule has 22 nitrogen and oxygen atoms in total. The standard InChI is InChI=1S/C40H69N9O13/c1-20(2)19-26(44-35(56)30(21(3)4)45-33(54)24(42)11-7-8-16-41)34(55)46-32(23(6)51)37(58)47-31(22(5)50)36(57)43-25(14-15-29(52)53)38(59)48-17-9-12-27(48)39(60)49-18-10-13-28(49)40(61)62/h20-28,30-32,50-51H,7-19,41-42H2,1-6H3,(H,43,57)(H,44,56)(H,45,54)(H,46,55)(H,47,58)(H,52,53)(H,61,62). The lowest BCUT2D eigenvalue weighted by atomic mass is 9.99. The first-order chi connectivity index (χ1) is 29.0. The third kappa shape index (κ3) is 15.8. The number of likely N-dealkylation sites (tertiary alicyclic amines) is 2. The van der Waals surface area contributed by atoms with Crippen LogP contribution in [0.2, 0.25) is 0 Å². The summed E-state index contributed by atoms with van der Waals surface area (Å²) in [5.41, 5.74) is 11.5. The summed E-state index contributed by atoms with van der Waals surface area (Å²) in [6, 6.07) is -10.5. The minimum absolute atomic E-state index is 0.0569. The lowest BCUT2D eigenvalue weighted by molar-refractivity contribution is -0.152. The molecular weight excluding hydrogens is 814 g/mol. The second-order valence-electron chi connectivity index (χ2n) is 17.0. The van der Waals surface area contributed by atoms with Gasteiger partial charge in [-0.3, -0.25) is 38.4 Å². The van der Waals surface area contributed by atoms with Gasteiger partial charge in [-0.1, -0.05) is 34.1 Å². The van der Waals surface area contributed by atoms with E-state index in [1.165, 1.54) is 16.7 Å². The van der Waals surface area contributed by atoms with E-state index in [1.54, 1.807) is 27.7 Å². The van der Waals surface area contributed by atoms with Gasteiger partial charge in [-0.15, -0.1) is 0 Å². The van der Waals surface area contributed by atoms with Crippen molar-refractivity contribution in [2.75, 3.05) is 19.6 Å². The molecule has 2 aliphatic rings. The largest absolute Gasteiger partial charge is 0.481 e. The number of nitrogens with two attached hydrogens (primary N) is 2. The number of aliphatic hydroxyl groups is 2. The summed E-state index contributed by atoms with van der Waals surface area (Å²) in [5.74, 6) is -8.94. The first-order valence-electron chi connectivity index (χ1n) is 21.4. The van der Waals surface area contributed by atoms with E-state index < -0.39 is 133 Å². The molecule has 0 aromatic rings. The van der Waals surface area contributed by atoms with Crippen molar-refractivity contribution in [3.05, 3.63) is 0 Å². The number of nitrogens with zero attached hydrogens (tertiary/aromatic N) is 2. The number of aliphatic hydroxyl groups excluding tert-OH is 2.